The maximum atomic E-state index is 12.0. The Morgan fingerprint density at radius 2 is 2.10 bits per heavy atom. The van der Waals surface area contributed by atoms with Gasteiger partial charge in [0.25, 0.3) is 0 Å². The number of hydrogen-bond donors (Lipinski definition) is 1. The molecule has 0 aliphatic heterocycles. The van der Waals surface area contributed by atoms with Gasteiger partial charge in [-0.1, -0.05) is 6.07 Å². The van der Waals surface area contributed by atoms with Crippen LogP contribution >= 0.6 is 22.7 Å². The molecule has 4 nitrogen and oxygen atoms in total. The number of nitrogens with zero attached hydrogens (tertiary/aromatic N) is 1. The predicted molar refractivity (Wildman–Crippen MR) is 83.8 cm³/mol. The van der Waals surface area contributed by atoms with Crippen LogP contribution in [0.1, 0.15) is 26.0 Å². The summed E-state index contributed by atoms with van der Waals surface area (Å²) in [6.07, 6.45) is 0.233. The molecule has 0 atom stereocenters. The lowest BCUT2D eigenvalue weighted by atomic mass is 10.1. The van der Waals surface area contributed by atoms with Crippen LogP contribution in [0.15, 0.2) is 22.9 Å². The lowest BCUT2D eigenvalue weighted by molar-refractivity contribution is 0.0772. The summed E-state index contributed by atoms with van der Waals surface area (Å²) >= 11 is 3.04. The quantitative estimate of drug-likeness (QED) is 0.884. The predicted octanol–water partition coefficient (Wildman–Crippen LogP) is 2.95. The summed E-state index contributed by atoms with van der Waals surface area (Å²) in [5.41, 5.74) is -0.383. The molecular weight excluding hydrogens is 314 g/mol. The highest BCUT2D eigenvalue weighted by Crippen LogP contribution is 2.28. The molecule has 2 aromatic rings. The average Bonchev–Trinajstić information content (AvgIpc) is 2.95. The van der Waals surface area contributed by atoms with Crippen LogP contribution in [0.25, 0.3) is 9.88 Å². The Hall–Kier alpha value is -0.760. The fourth-order valence-corrected chi connectivity index (χ4v) is 4.88. The number of hydrogen-bond acceptors (Lipinski definition) is 6. The zero-order chi connectivity index (χ0) is 14.8. The first-order valence-electron chi connectivity index (χ1n) is 6.16. The third-order valence-electron chi connectivity index (χ3n) is 2.68. The second-order valence-electron chi connectivity index (χ2n) is 5.28. The first kappa shape index (κ1) is 15.6. The van der Waals surface area contributed by atoms with Crippen LogP contribution in [0.5, 0.6) is 0 Å². The van der Waals surface area contributed by atoms with Crippen LogP contribution in [-0.4, -0.2) is 29.9 Å². The van der Waals surface area contributed by atoms with Crippen LogP contribution in [0, 0.1) is 0 Å². The lowest BCUT2D eigenvalue weighted by Crippen LogP contribution is -2.24. The average molecular weight is 331 g/mol. The van der Waals surface area contributed by atoms with Gasteiger partial charge in [-0.15, -0.1) is 22.7 Å². The van der Waals surface area contributed by atoms with Gasteiger partial charge < -0.3 is 5.11 Å². The Labute approximate surface area is 127 Å². The van der Waals surface area contributed by atoms with Crippen LogP contribution in [0.3, 0.4) is 0 Å². The molecule has 1 N–H and O–H groups in total. The summed E-state index contributed by atoms with van der Waals surface area (Å²) < 4.78 is 24.0. The van der Waals surface area contributed by atoms with Crippen molar-refractivity contribution < 1.29 is 13.5 Å². The molecule has 2 aromatic heterocycles. The fraction of sp³-hybridized carbons (Fsp3) is 0.462. The minimum atomic E-state index is -3.24. The minimum Gasteiger partial charge on any atom is -0.390 e. The molecule has 0 aliphatic carbocycles. The van der Waals surface area contributed by atoms with Crippen molar-refractivity contribution in [1.82, 2.24) is 4.98 Å². The molecular formula is C13H17NO3S3. The van der Waals surface area contributed by atoms with Gasteiger partial charge in [0.15, 0.2) is 9.84 Å². The summed E-state index contributed by atoms with van der Waals surface area (Å²) in [6, 6.07) is 3.91. The van der Waals surface area contributed by atoms with E-state index in [2.05, 4.69) is 4.98 Å². The third kappa shape index (κ3) is 4.66. The summed E-state index contributed by atoms with van der Waals surface area (Å²) in [6.45, 7) is 3.22. The molecule has 0 fully saturated rings. The number of thiazole rings is 1. The van der Waals surface area contributed by atoms with E-state index in [1.165, 1.54) is 11.3 Å². The van der Waals surface area contributed by atoms with Gasteiger partial charge in [0.1, 0.15) is 5.01 Å². The molecule has 2 rings (SSSR count). The summed E-state index contributed by atoms with van der Waals surface area (Å²) in [4.78, 5) is 5.42. The Morgan fingerprint density at radius 1 is 1.35 bits per heavy atom. The summed E-state index contributed by atoms with van der Waals surface area (Å²) in [5.74, 6) is -0.0900. The molecule has 0 aromatic carbocycles. The number of sulfone groups is 1. The number of rotatable bonds is 6. The van der Waals surface area contributed by atoms with Crippen molar-refractivity contribution in [2.75, 3.05) is 5.75 Å². The molecule has 0 aliphatic rings. The van der Waals surface area contributed by atoms with Gasteiger partial charge in [0.05, 0.1) is 27.7 Å². The van der Waals surface area contributed by atoms with Crippen molar-refractivity contribution in [3.05, 3.63) is 28.6 Å². The zero-order valence-electron chi connectivity index (χ0n) is 11.4. The first-order valence-corrected chi connectivity index (χ1v) is 9.74. The van der Waals surface area contributed by atoms with E-state index in [1.54, 1.807) is 30.6 Å². The van der Waals surface area contributed by atoms with E-state index in [9.17, 15) is 13.5 Å². The first-order chi connectivity index (χ1) is 9.25. The maximum Gasteiger partial charge on any atom is 0.156 e. The maximum absolute atomic E-state index is 12.0. The van der Waals surface area contributed by atoms with E-state index in [0.717, 1.165) is 9.88 Å². The Balaban J connectivity index is 2.03. The van der Waals surface area contributed by atoms with Crippen LogP contribution in [0.4, 0.5) is 0 Å². The summed E-state index contributed by atoms with van der Waals surface area (Å²) in [5, 5.41) is 14.2. The van der Waals surface area contributed by atoms with Gasteiger partial charge in [-0.2, -0.15) is 0 Å². The van der Waals surface area contributed by atoms with Crippen LogP contribution < -0.4 is 0 Å². The third-order valence-corrected chi connectivity index (χ3v) is 6.17. The highest BCUT2D eigenvalue weighted by Gasteiger charge is 2.20. The topological polar surface area (TPSA) is 67.3 Å². The highest BCUT2D eigenvalue weighted by atomic mass is 32.2. The standard InChI is InChI=1S/C13H17NO3S3/c1-13(2,15)5-7-20(16,17)9-10-8-19-12(14-10)11-4-3-6-18-11/h3-4,6,8,15H,5,7,9H2,1-2H3. The molecule has 0 bridgehead atoms. The van der Waals surface area contributed by atoms with E-state index < -0.39 is 15.4 Å². The lowest BCUT2D eigenvalue weighted by Gasteiger charge is -2.16. The van der Waals surface area contributed by atoms with Crippen LogP contribution in [0.2, 0.25) is 0 Å². The second kappa shape index (κ2) is 5.93. The van der Waals surface area contributed by atoms with Crippen LogP contribution in [-0.2, 0) is 15.6 Å². The van der Waals surface area contributed by atoms with E-state index in [1.807, 2.05) is 17.5 Å². The van der Waals surface area contributed by atoms with Crippen molar-refractivity contribution in [2.24, 2.45) is 0 Å². The number of aromatic nitrogens is 1. The molecule has 0 spiro atoms. The molecule has 2 heterocycles. The minimum absolute atomic E-state index is 0.0254. The van der Waals surface area contributed by atoms with Crippen molar-refractivity contribution in [3.8, 4) is 9.88 Å². The van der Waals surface area contributed by atoms with E-state index >= 15 is 0 Å². The van der Waals surface area contributed by atoms with Gasteiger partial charge >= 0.3 is 0 Å². The van der Waals surface area contributed by atoms with E-state index in [-0.39, 0.29) is 17.9 Å². The number of aliphatic hydroxyl groups is 1. The van der Waals surface area contributed by atoms with Crippen molar-refractivity contribution in [1.29, 1.82) is 0 Å². The van der Waals surface area contributed by atoms with Gasteiger partial charge in [-0.25, -0.2) is 13.4 Å². The van der Waals surface area contributed by atoms with Gasteiger partial charge in [0.2, 0.25) is 0 Å². The highest BCUT2D eigenvalue weighted by molar-refractivity contribution is 7.90. The molecule has 7 heteroatoms. The number of thiophene rings is 1. The smallest absolute Gasteiger partial charge is 0.156 e. The van der Waals surface area contributed by atoms with Gasteiger partial charge in [0, 0.05) is 5.38 Å². The van der Waals surface area contributed by atoms with Crippen molar-refractivity contribution in [3.63, 3.8) is 0 Å². The Bertz CT molecular complexity index is 651. The van der Waals surface area contributed by atoms with Crippen molar-refractivity contribution in [2.45, 2.75) is 31.6 Å². The Kier molecular flexibility index (Phi) is 4.63. The normalized spacial score (nSPS) is 12.8. The Morgan fingerprint density at radius 3 is 2.70 bits per heavy atom. The second-order valence-corrected chi connectivity index (χ2v) is 9.27. The fourth-order valence-electron chi connectivity index (χ4n) is 1.59. The SMILES string of the molecule is CC(C)(O)CCS(=O)(=O)Cc1csc(-c2cccs2)n1. The molecule has 0 radical (unpaired) electrons. The zero-order valence-corrected chi connectivity index (χ0v) is 13.8. The molecule has 0 unspecified atom stereocenters. The van der Waals surface area contributed by atoms with E-state index in [0.29, 0.717) is 5.69 Å². The summed E-state index contributed by atoms with van der Waals surface area (Å²) in [7, 11) is -3.24. The molecule has 0 saturated carbocycles. The largest absolute Gasteiger partial charge is 0.390 e. The van der Waals surface area contributed by atoms with E-state index in [4.69, 9.17) is 0 Å². The van der Waals surface area contributed by atoms with Gasteiger partial charge in [-0.3, -0.25) is 0 Å². The van der Waals surface area contributed by atoms with Crippen molar-refractivity contribution >= 4 is 32.5 Å². The van der Waals surface area contributed by atoms with Gasteiger partial charge in [-0.05, 0) is 31.7 Å². The molecule has 110 valence electrons. The molecule has 20 heavy (non-hydrogen) atoms. The molecule has 0 saturated heterocycles. The monoisotopic (exact) mass is 331 g/mol. The molecule has 0 amide bonds.